The van der Waals surface area contributed by atoms with Crippen LogP contribution in [0.1, 0.15) is 25.7 Å². The summed E-state index contributed by atoms with van der Waals surface area (Å²) in [4.78, 5) is 11.1. The third-order valence-corrected chi connectivity index (χ3v) is 3.26. The van der Waals surface area contributed by atoms with E-state index in [1.807, 2.05) is 0 Å². The molecule has 3 atom stereocenters. The first-order chi connectivity index (χ1) is 6.77. The Balaban J connectivity index is 1.86. The molecule has 3 unspecified atom stereocenters. The Kier molecular flexibility index (Phi) is 3.03. The number of carbonyl (C=O) groups is 1. The fourth-order valence-electron chi connectivity index (χ4n) is 2.47. The van der Waals surface area contributed by atoms with Crippen LogP contribution in [0.15, 0.2) is 0 Å². The zero-order chi connectivity index (χ0) is 9.97. The molecule has 0 bridgehead atoms. The summed E-state index contributed by atoms with van der Waals surface area (Å²) in [6, 6.07) is 0.721. The van der Waals surface area contributed by atoms with Gasteiger partial charge in [0.25, 0.3) is 0 Å². The van der Waals surface area contributed by atoms with Gasteiger partial charge in [0.15, 0.2) is 0 Å². The van der Waals surface area contributed by atoms with Crippen LogP contribution in [0.25, 0.3) is 0 Å². The van der Waals surface area contributed by atoms with Crippen LogP contribution in [0.5, 0.6) is 0 Å². The molecule has 1 saturated carbocycles. The molecule has 0 aromatic heterocycles. The maximum atomic E-state index is 11.1. The maximum Gasteiger partial charge on any atom is 0.222 e. The quantitative estimate of drug-likeness (QED) is 0.672. The molecule has 2 aliphatic rings. The molecule has 3 N–H and O–H groups in total. The minimum Gasteiger partial charge on any atom is -0.380 e. The van der Waals surface area contributed by atoms with Crippen molar-refractivity contribution in [2.75, 3.05) is 13.2 Å². The SMILES string of the molecule is NC(=O)C1CCCC1NC1CCOC1. The van der Waals surface area contributed by atoms with Gasteiger partial charge >= 0.3 is 0 Å². The first-order valence-corrected chi connectivity index (χ1v) is 5.40. The highest BCUT2D eigenvalue weighted by molar-refractivity contribution is 5.77. The molecule has 0 aromatic carbocycles. The average molecular weight is 198 g/mol. The van der Waals surface area contributed by atoms with E-state index in [0.29, 0.717) is 12.1 Å². The standard InChI is InChI=1S/C10H18N2O2/c11-10(13)8-2-1-3-9(8)12-7-4-5-14-6-7/h7-9,12H,1-6H2,(H2,11,13). The van der Waals surface area contributed by atoms with Crippen LogP contribution in [0, 0.1) is 5.92 Å². The van der Waals surface area contributed by atoms with Gasteiger partial charge in [-0.2, -0.15) is 0 Å². The van der Waals surface area contributed by atoms with E-state index in [1.165, 1.54) is 0 Å². The first-order valence-electron chi connectivity index (χ1n) is 5.40. The molecule has 0 spiro atoms. The van der Waals surface area contributed by atoms with Gasteiger partial charge in [-0.25, -0.2) is 0 Å². The molecule has 2 rings (SSSR count). The molecule has 0 aromatic rings. The van der Waals surface area contributed by atoms with Crippen molar-refractivity contribution in [1.82, 2.24) is 5.32 Å². The lowest BCUT2D eigenvalue weighted by Gasteiger charge is -2.21. The molecule has 2 fully saturated rings. The van der Waals surface area contributed by atoms with Gasteiger partial charge in [-0.05, 0) is 19.3 Å². The molecule has 0 radical (unpaired) electrons. The van der Waals surface area contributed by atoms with E-state index in [1.54, 1.807) is 0 Å². The number of carbonyl (C=O) groups excluding carboxylic acids is 1. The molecule has 4 nitrogen and oxygen atoms in total. The summed E-state index contributed by atoms with van der Waals surface area (Å²) in [5.74, 6) is -0.116. The predicted octanol–water partition coefficient (Wildman–Crippen LogP) is 0.0189. The van der Waals surface area contributed by atoms with E-state index >= 15 is 0 Å². The Hall–Kier alpha value is -0.610. The van der Waals surface area contributed by atoms with E-state index in [0.717, 1.165) is 38.9 Å². The number of hydrogen-bond donors (Lipinski definition) is 2. The van der Waals surface area contributed by atoms with Crippen LogP contribution < -0.4 is 11.1 Å². The summed E-state index contributed by atoms with van der Waals surface area (Å²) < 4.78 is 5.28. The van der Waals surface area contributed by atoms with Gasteiger partial charge in [0.2, 0.25) is 5.91 Å². The average Bonchev–Trinajstić information content (AvgIpc) is 2.75. The van der Waals surface area contributed by atoms with Crippen molar-refractivity contribution in [1.29, 1.82) is 0 Å². The Labute approximate surface area is 84.2 Å². The zero-order valence-electron chi connectivity index (χ0n) is 8.37. The lowest BCUT2D eigenvalue weighted by molar-refractivity contribution is -0.122. The Morgan fingerprint density at radius 3 is 2.86 bits per heavy atom. The number of amides is 1. The van der Waals surface area contributed by atoms with Crippen molar-refractivity contribution in [3.63, 3.8) is 0 Å². The van der Waals surface area contributed by atoms with Crippen LogP contribution in [0.3, 0.4) is 0 Å². The first kappa shape index (κ1) is 9.93. The fourth-order valence-corrected chi connectivity index (χ4v) is 2.47. The molecule has 1 amide bonds. The lowest BCUT2D eigenvalue weighted by Crippen LogP contribution is -2.44. The molecule has 1 aliphatic heterocycles. The lowest BCUT2D eigenvalue weighted by atomic mass is 10.0. The second kappa shape index (κ2) is 4.28. The van der Waals surface area contributed by atoms with Crippen molar-refractivity contribution in [2.45, 2.75) is 37.8 Å². The number of ether oxygens (including phenoxy) is 1. The third-order valence-electron chi connectivity index (χ3n) is 3.26. The van der Waals surface area contributed by atoms with Crippen molar-refractivity contribution < 1.29 is 9.53 Å². The monoisotopic (exact) mass is 198 g/mol. The maximum absolute atomic E-state index is 11.1. The zero-order valence-corrected chi connectivity index (χ0v) is 8.37. The second-order valence-electron chi connectivity index (χ2n) is 4.27. The van der Waals surface area contributed by atoms with E-state index < -0.39 is 0 Å². The largest absolute Gasteiger partial charge is 0.380 e. The van der Waals surface area contributed by atoms with Gasteiger partial charge in [0.05, 0.1) is 12.5 Å². The van der Waals surface area contributed by atoms with Gasteiger partial charge in [0, 0.05) is 18.7 Å². The molecular formula is C10H18N2O2. The van der Waals surface area contributed by atoms with Crippen LogP contribution >= 0.6 is 0 Å². The molecule has 1 heterocycles. The van der Waals surface area contributed by atoms with Crippen LogP contribution in [0.2, 0.25) is 0 Å². The fraction of sp³-hybridized carbons (Fsp3) is 0.900. The summed E-state index contributed by atoms with van der Waals surface area (Å²) in [5, 5.41) is 3.48. The topological polar surface area (TPSA) is 64.4 Å². The Morgan fingerprint density at radius 2 is 2.21 bits per heavy atom. The number of nitrogens with one attached hydrogen (secondary N) is 1. The van der Waals surface area contributed by atoms with Gasteiger partial charge in [-0.15, -0.1) is 0 Å². The van der Waals surface area contributed by atoms with E-state index in [2.05, 4.69) is 5.32 Å². The summed E-state index contributed by atoms with van der Waals surface area (Å²) in [5.41, 5.74) is 5.35. The van der Waals surface area contributed by atoms with Gasteiger partial charge in [0.1, 0.15) is 0 Å². The number of primary amides is 1. The summed E-state index contributed by atoms with van der Waals surface area (Å²) in [7, 11) is 0. The molecule has 1 aliphatic carbocycles. The smallest absolute Gasteiger partial charge is 0.222 e. The normalized spacial score (nSPS) is 37.6. The van der Waals surface area contributed by atoms with Gasteiger partial charge < -0.3 is 15.8 Å². The highest BCUT2D eigenvalue weighted by Crippen LogP contribution is 2.26. The number of nitrogens with two attached hydrogens (primary N) is 1. The predicted molar refractivity (Wildman–Crippen MR) is 52.7 cm³/mol. The Bertz CT molecular complexity index is 214. The number of hydrogen-bond acceptors (Lipinski definition) is 3. The van der Waals surface area contributed by atoms with E-state index in [4.69, 9.17) is 10.5 Å². The number of rotatable bonds is 3. The van der Waals surface area contributed by atoms with Crippen LogP contribution in [-0.2, 0) is 9.53 Å². The minimum atomic E-state index is -0.154. The van der Waals surface area contributed by atoms with Crippen LogP contribution in [-0.4, -0.2) is 31.2 Å². The summed E-state index contributed by atoms with van der Waals surface area (Å²) >= 11 is 0. The minimum absolute atomic E-state index is 0.0376. The Morgan fingerprint density at radius 1 is 1.36 bits per heavy atom. The van der Waals surface area contributed by atoms with Crippen molar-refractivity contribution in [2.24, 2.45) is 11.7 Å². The third kappa shape index (κ3) is 2.07. The van der Waals surface area contributed by atoms with Crippen LogP contribution in [0.4, 0.5) is 0 Å². The van der Waals surface area contributed by atoms with Gasteiger partial charge in [-0.1, -0.05) is 6.42 Å². The highest BCUT2D eigenvalue weighted by Gasteiger charge is 2.33. The molecule has 1 saturated heterocycles. The molecule has 80 valence electrons. The molecule has 4 heteroatoms. The summed E-state index contributed by atoms with van der Waals surface area (Å²) in [6.07, 6.45) is 4.19. The van der Waals surface area contributed by atoms with E-state index in [9.17, 15) is 4.79 Å². The van der Waals surface area contributed by atoms with Crippen molar-refractivity contribution >= 4 is 5.91 Å². The van der Waals surface area contributed by atoms with Crippen molar-refractivity contribution in [3.05, 3.63) is 0 Å². The highest BCUT2D eigenvalue weighted by atomic mass is 16.5. The van der Waals surface area contributed by atoms with Gasteiger partial charge in [-0.3, -0.25) is 4.79 Å². The summed E-state index contributed by atoms with van der Waals surface area (Å²) in [6.45, 7) is 1.62. The second-order valence-corrected chi connectivity index (χ2v) is 4.27. The van der Waals surface area contributed by atoms with Crippen molar-refractivity contribution in [3.8, 4) is 0 Å². The molecule has 14 heavy (non-hydrogen) atoms. The molecular weight excluding hydrogens is 180 g/mol. The van der Waals surface area contributed by atoms with E-state index in [-0.39, 0.29) is 11.8 Å².